The number of rotatable bonds is 11. The molecule has 0 unspecified atom stereocenters. The van der Waals surface area contributed by atoms with Gasteiger partial charge in [-0.25, -0.2) is 12.7 Å². The highest BCUT2D eigenvalue weighted by atomic mass is 32.2. The van der Waals surface area contributed by atoms with E-state index in [2.05, 4.69) is 5.32 Å². The van der Waals surface area contributed by atoms with E-state index in [1.165, 1.54) is 0 Å². The fourth-order valence-electron chi connectivity index (χ4n) is 2.53. The molecule has 130 valence electrons. The van der Waals surface area contributed by atoms with Gasteiger partial charge in [0, 0.05) is 39.8 Å². The predicted octanol–water partition coefficient (Wildman–Crippen LogP) is 1.52. The third-order valence-electron chi connectivity index (χ3n) is 3.86. The number of unbranched alkanes of at least 4 members (excludes halogenated alkanes) is 2. The summed E-state index contributed by atoms with van der Waals surface area (Å²) in [6.45, 7) is 2.69. The van der Waals surface area contributed by atoms with Crippen LogP contribution in [0.1, 0.15) is 51.4 Å². The lowest BCUT2D eigenvalue weighted by molar-refractivity contribution is -0.121. The molecule has 0 aromatic rings. The van der Waals surface area contributed by atoms with Crippen molar-refractivity contribution in [3.05, 3.63) is 0 Å². The lowest BCUT2D eigenvalue weighted by Crippen LogP contribution is -2.37. The third kappa shape index (κ3) is 8.10. The Hall–Kier alpha value is -0.660. The van der Waals surface area contributed by atoms with Gasteiger partial charge in [0.25, 0.3) is 0 Å². The molecule has 1 aliphatic rings. The maximum absolute atomic E-state index is 12.1. The van der Waals surface area contributed by atoms with Crippen molar-refractivity contribution in [3.63, 3.8) is 0 Å². The van der Waals surface area contributed by atoms with Crippen LogP contribution in [-0.4, -0.2) is 57.7 Å². The van der Waals surface area contributed by atoms with Crippen molar-refractivity contribution in [2.75, 3.05) is 39.1 Å². The number of piperidine rings is 1. The Morgan fingerprint density at radius 3 is 2.50 bits per heavy atom. The number of carbonyl (C=O) groups is 1. The minimum Gasteiger partial charge on any atom is -0.385 e. The summed E-state index contributed by atoms with van der Waals surface area (Å²) >= 11 is 0. The highest BCUT2D eigenvalue weighted by molar-refractivity contribution is 7.89. The molecule has 0 aliphatic carbocycles. The van der Waals surface area contributed by atoms with Crippen LogP contribution >= 0.6 is 0 Å². The normalized spacial score (nSPS) is 16.6. The molecule has 0 aromatic carbocycles. The minimum atomic E-state index is -3.12. The van der Waals surface area contributed by atoms with Crippen molar-refractivity contribution in [2.45, 2.75) is 51.4 Å². The Labute approximate surface area is 134 Å². The summed E-state index contributed by atoms with van der Waals surface area (Å²) in [6.07, 6.45) is 6.46. The van der Waals surface area contributed by atoms with Crippen LogP contribution in [0, 0.1) is 0 Å². The van der Waals surface area contributed by atoms with Crippen LogP contribution in [0.5, 0.6) is 0 Å². The average Bonchev–Trinajstić information content (AvgIpc) is 2.52. The number of ether oxygens (including phenoxy) is 1. The summed E-state index contributed by atoms with van der Waals surface area (Å²) in [6, 6.07) is 0. The largest absolute Gasteiger partial charge is 0.385 e. The number of hydrogen-bond donors (Lipinski definition) is 1. The standard InChI is InChI=1S/C15H30N2O4S/c1-21-13-7-4-10-16-15(18)9-3-8-14-22(19,20)17-11-5-2-6-12-17/h2-14H2,1H3,(H,16,18). The quantitative estimate of drug-likeness (QED) is 0.581. The van der Waals surface area contributed by atoms with Crippen molar-refractivity contribution in [2.24, 2.45) is 0 Å². The first-order valence-corrected chi connectivity index (χ1v) is 9.90. The number of hydrogen-bond acceptors (Lipinski definition) is 4. The molecule has 1 N–H and O–H groups in total. The summed E-state index contributed by atoms with van der Waals surface area (Å²) in [5.74, 6) is 0.168. The van der Waals surface area contributed by atoms with Gasteiger partial charge in [-0.1, -0.05) is 6.42 Å². The van der Waals surface area contributed by atoms with Crippen LogP contribution in [0.15, 0.2) is 0 Å². The van der Waals surface area contributed by atoms with E-state index in [1.807, 2.05) is 0 Å². The summed E-state index contributed by atoms with van der Waals surface area (Å²) < 4.78 is 30.8. The van der Waals surface area contributed by atoms with Crippen LogP contribution in [-0.2, 0) is 19.6 Å². The predicted molar refractivity (Wildman–Crippen MR) is 87.2 cm³/mol. The second kappa shape index (κ2) is 11.0. The highest BCUT2D eigenvalue weighted by Crippen LogP contribution is 2.14. The number of sulfonamides is 1. The zero-order valence-corrected chi connectivity index (χ0v) is 14.5. The molecule has 22 heavy (non-hydrogen) atoms. The maximum Gasteiger partial charge on any atom is 0.219 e. The van der Waals surface area contributed by atoms with Gasteiger partial charge < -0.3 is 10.1 Å². The Kier molecular flexibility index (Phi) is 9.66. The van der Waals surface area contributed by atoms with E-state index in [0.717, 1.165) is 32.1 Å². The lowest BCUT2D eigenvalue weighted by atomic mass is 10.2. The molecule has 1 saturated heterocycles. The van der Waals surface area contributed by atoms with Gasteiger partial charge in [-0.15, -0.1) is 0 Å². The van der Waals surface area contributed by atoms with Crippen LogP contribution in [0.3, 0.4) is 0 Å². The van der Waals surface area contributed by atoms with Crippen LogP contribution in [0.4, 0.5) is 0 Å². The molecule has 0 spiro atoms. The smallest absolute Gasteiger partial charge is 0.219 e. The van der Waals surface area contributed by atoms with Gasteiger partial charge in [0.1, 0.15) is 0 Å². The number of nitrogens with one attached hydrogen (secondary N) is 1. The maximum atomic E-state index is 12.1. The SMILES string of the molecule is COCCCCNC(=O)CCCCS(=O)(=O)N1CCCCC1. The monoisotopic (exact) mass is 334 g/mol. The van der Waals surface area contributed by atoms with Gasteiger partial charge in [0.2, 0.25) is 15.9 Å². The number of carbonyl (C=O) groups excluding carboxylic acids is 1. The Bertz CT molecular complexity index is 406. The van der Waals surface area contributed by atoms with Crippen LogP contribution in [0.25, 0.3) is 0 Å². The van der Waals surface area contributed by atoms with Gasteiger partial charge in [-0.3, -0.25) is 4.79 Å². The van der Waals surface area contributed by atoms with Crippen molar-refractivity contribution in [3.8, 4) is 0 Å². The first kappa shape index (κ1) is 19.4. The zero-order valence-electron chi connectivity index (χ0n) is 13.7. The van der Waals surface area contributed by atoms with Crippen molar-refractivity contribution >= 4 is 15.9 Å². The van der Waals surface area contributed by atoms with Gasteiger partial charge in [0.15, 0.2) is 0 Å². The molecule has 1 amide bonds. The number of methoxy groups -OCH3 is 1. The summed E-state index contributed by atoms with van der Waals surface area (Å²) in [5.41, 5.74) is 0. The van der Waals surface area contributed by atoms with Crippen LogP contribution in [0.2, 0.25) is 0 Å². The van der Waals surface area contributed by atoms with Crippen LogP contribution < -0.4 is 5.32 Å². The molecular formula is C15H30N2O4S. The highest BCUT2D eigenvalue weighted by Gasteiger charge is 2.23. The van der Waals surface area contributed by atoms with Gasteiger partial charge >= 0.3 is 0 Å². The molecule has 1 fully saturated rings. The number of nitrogens with zero attached hydrogens (tertiary/aromatic N) is 1. The van der Waals surface area contributed by atoms with E-state index < -0.39 is 10.0 Å². The summed E-state index contributed by atoms with van der Waals surface area (Å²) in [4.78, 5) is 11.6. The molecule has 1 aliphatic heterocycles. The van der Waals surface area contributed by atoms with Crippen molar-refractivity contribution in [1.82, 2.24) is 9.62 Å². The molecule has 0 bridgehead atoms. The van der Waals surface area contributed by atoms with E-state index in [9.17, 15) is 13.2 Å². The van der Waals surface area contributed by atoms with E-state index >= 15 is 0 Å². The second-order valence-corrected chi connectivity index (χ2v) is 7.87. The molecule has 0 saturated carbocycles. The molecule has 0 aromatic heterocycles. The topological polar surface area (TPSA) is 75.7 Å². The fourth-order valence-corrected chi connectivity index (χ4v) is 4.17. The fraction of sp³-hybridized carbons (Fsp3) is 0.933. The first-order valence-electron chi connectivity index (χ1n) is 8.30. The molecule has 1 heterocycles. The summed E-state index contributed by atoms with van der Waals surface area (Å²) in [7, 11) is -1.46. The lowest BCUT2D eigenvalue weighted by Gasteiger charge is -2.25. The van der Waals surface area contributed by atoms with E-state index in [1.54, 1.807) is 11.4 Å². The van der Waals surface area contributed by atoms with Crippen molar-refractivity contribution in [1.29, 1.82) is 0 Å². The van der Waals surface area contributed by atoms with E-state index in [0.29, 0.717) is 45.5 Å². The minimum absolute atomic E-state index is 0.00721. The Morgan fingerprint density at radius 1 is 1.09 bits per heavy atom. The number of amides is 1. The first-order chi connectivity index (χ1) is 10.6. The second-order valence-electron chi connectivity index (χ2n) is 5.78. The third-order valence-corrected chi connectivity index (χ3v) is 5.82. The van der Waals surface area contributed by atoms with Crippen molar-refractivity contribution < 1.29 is 17.9 Å². The molecule has 0 radical (unpaired) electrons. The molecule has 0 atom stereocenters. The van der Waals surface area contributed by atoms with E-state index in [4.69, 9.17) is 4.74 Å². The Balaban J connectivity index is 2.07. The molecule has 6 nitrogen and oxygen atoms in total. The molecular weight excluding hydrogens is 304 g/mol. The molecule has 7 heteroatoms. The van der Waals surface area contributed by atoms with Gasteiger partial charge in [-0.2, -0.15) is 0 Å². The van der Waals surface area contributed by atoms with E-state index in [-0.39, 0.29) is 11.7 Å². The van der Waals surface area contributed by atoms with Gasteiger partial charge in [0.05, 0.1) is 5.75 Å². The summed E-state index contributed by atoms with van der Waals surface area (Å²) in [5, 5.41) is 2.85. The van der Waals surface area contributed by atoms with Gasteiger partial charge in [-0.05, 0) is 38.5 Å². The Morgan fingerprint density at radius 2 is 1.82 bits per heavy atom. The molecule has 1 rings (SSSR count). The average molecular weight is 334 g/mol. The zero-order chi connectivity index (χ0) is 16.3.